The zero-order chi connectivity index (χ0) is 13.8. The van der Waals surface area contributed by atoms with E-state index in [2.05, 4.69) is 25.7 Å². The third kappa shape index (κ3) is 2.99. The molecule has 19 heavy (non-hydrogen) atoms. The van der Waals surface area contributed by atoms with Gasteiger partial charge >= 0.3 is 0 Å². The molecule has 0 amide bonds. The molecule has 0 aliphatic carbocycles. The van der Waals surface area contributed by atoms with Gasteiger partial charge in [-0.25, -0.2) is 20.8 Å². The Bertz CT molecular complexity index is 565. The van der Waals surface area contributed by atoms with Crippen LogP contribution in [0.3, 0.4) is 0 Å². The van der Waals surface area contributed by atoms with Crippen molar-refractivity contribution in [1.29, 1.82) is 0 Å². The highest BCUT2D eigenvalue weighted by molar-refractivity contribution is 7.09. The van der Waals surface area contributed by atoms with Crippen molar-refractivity contribution in [3.8, 4) is 0 Å². The van der Waals surface area contributed by atoms with Crippen LogP contribution in [0, 0.1) is 13.8 Å². The SMILES string of the molecule is CCc1nc(NN)c(C)c(NCc2scnc2C)n1. The molecule has 0 saturated heterocycles. The third-order valence-corrected chi connectivity index (χ3v) is 3.84. The number of hydrogen-bond acceptors (Lipinski definition) is 7. The molecule has 0 bridgehead atoms. The Morgan fingerprint density at radius 1 is 1.26 bits per heavy atom. The van der Waals surface area contributed by atoms with Gasteiger partial charge in [-0.3, -0.25) is 0 Å². The molecule has 4 N–H and O–H groups in total. The van der Waals surface area contributed by atoms with Crippen LogP contribution in [0.15, 0.2) is 5.51 Å². The molecule has 0 unspecified atom stereocenters. The van der Waals surface area contributed by atoms with Crippen molar-refractivity contribution in [2.75, 3.05) is 10.7 Å². The third-order valence-electron chi connectivity index (χ3n) is 2.91. The summed E-state index contributed by atoms with van der Waals surface area (Å²) in [4.78, 5) is 14.3. The van der Waals surface area contributed by atoms with E-state index in [4.69, 9.17) is 5.84 Å². The van der Waals surface area contributed by atoms with Crippen molar-refractivity contribution in [3.05, 3.63) is 27.5 Å². The van der Waals surface area contributed by atoms with E-state index in [0.717, 1.165) is 29.3 Å². The standard InChI is InChI=1S/C12H18N6S/c1-4-10-16-11(7(2)12(17-10)18-13)14-5-9-8(3)15-6-19-9/h6H,4-5,13H2,1-3H3,(H2,14,16,17,18). The zero-order valence-electron chi connectivity index (χ0n) is 11.3. The number of aryl methyl sites for hydroxylation is 2. The van der Waals surface area contributed by atoms with E-state index in [-0.39, 0.29) is 0 Å². The van der Waals surface area contributed by atoms with E-state index >= 15 is 0 Å². The van der Waals surface area contributed by atoms with Crippen LogP contribution in [0.1, 0.15) is 28.9 Å². The number of rotatable bonds is 5. The highest BCUT2D eigenvalue weighted by Crippen LogP contribution is 2.21. The maximum atomic E-state index is 5.48. The van der Waals surface area contributed by atoms with E-state index in [1.54, 1.807) is 11.3 Å². The maximum absolute atomic E-state index is 5.48. The molecule has 0 fully saturated rings. The van der Waals surface area contributed by atoms with Gasteiger partial charge in [0.1, 0.15) is 17.5 Å². The molecule has 6 nitrogen and oxygen atoms in total. The Hall–Kier alpha value is -1.73. The number of hydrazine groups is 1. The van der Waals surface area contributed by atoms with Crippen molar-refractivity contribution >= 4 is 23.0 Å². The molecule has 2 aromatic rings. The Labute approximate surface area is 116 Å². The molecule has 0 aliphatic heterocycles. The quantitative estimate of drug-likeness (QED) is 0.572. The highest BCUT2D eigenvalue weighted by Gasteiger charge is 2.10. The molecular weight excluding hydrogens is 260 g/mol. The number of nitrogens with zero attached hydrogens (tertiary/aromatic N) is 3. The van der Waals surface area contributed by atoms with Gasteiger partial charge in [0.15, 0.2) is 0 Å². The van der Waals surface area contributed by atoms with E-state index < -0.39 is 0 Å². The Balaban J connectivity index is 2.22. The summed E-state index contributed by atoms with van der Waals surface area (Å²) in [7, 11) is 0. The van der Waals surface area contributed by atoms with Gasteiger partial charge in [-0.15, -0.1) is 11.3 Å². The van der Waals surface area contributed by atoms with Crippen LogP contribution in [-0.2, 0) is 13.0 Å². The molecule has 2 aromatic heterocycles. The van der Waals surface area contributed by atoms with Crippen LogP contribution in [0.4, 0.5) is 11.6 Å². The fourth-order valence-corrected chi connectivity index (χ4v) is 2.41. The van der Waals surface area contributed by atoms with Crippen molar-refractivity contribution in [1.82, 2.24) is 15.0 Å². The maximum Gasteiger partial charge on any atom is 0.148 e. The molecule has 0 aliphatic rings. The van der Waals surface area contributed by atoms with Gasteiger partial charge in [-0.05, 0) is 13.8 Å². The lowest BCUT2D eigenvalue weighted by Crippen LogP contribution is -2.14. The van der Waals surface area contributed by atoms with E-state index in [1.165, 1.54) is 4.88 Å². The predicted molar refractivity (Wildman–Crippen MR) is 78.1 cm³/mol. The Morgan fingerprint density at radius 2 is 2.00 bits per heavy atom. The first-order valence-electron chi connectivity index (χ1n) is 6.12. The summed E-state index contributed by atoms with van der Waals surface area (Å²) in [5.41, 5.74) is 6.44. The van der Waals surface area contributed by atoms with Gasteiger partial charge in [0, 0.05) is 16.9 Å². The highest BCUT2D eigenvalue weighted by atomic mass is 32.1. The lowest BCUT2D eigenvalue weighted by molar-refractivity contribution is 0.921. The number of anilines is 2. The molecule has 0 spiro atoms. The van der Waals surface area contributed by atoms with Crippen LogP contribution in [0.2, 0.25) is 0 Å². The molecule has 2 heterocycles. The first-order valence-corrected chi connectivity index (χ1v) is 7.00. The normalized spacial score (nSPS) is 10.5. The van der Waals surface area contributed by atoms with Crippen LogP contribution < -0.4 is 16.6 Å². The molecule has 7 heteroatoms. The Kier molecular flexibility index (Phi) is 4.28. The van der Waals surface area contributed by atoms with Crippen molar-refractivity contribution in [2.45, 2.75) is 33.7 Å². The number of nitrogens with one attached hydrogen (secondary N) is 2. The van der Waals surface area contributed by atoms with E-state index in [1.807, 2.05) is 26.3 Å². The minimum Gasteiger partial charge on any atom is -0.365 e. The smallest absolute Gasteiger partial charge is 0.148 e. The lowest BCUT2D eigenvalue weighted by atomic mass is 10.3. The second kappa shape index (κ2) is 5.94. The minimum absolute atomic E-state index is 0.662. The lowest BCUT2D eigenvalue weighted by Gasteiger charge is -2.12. The van der Waals surface area contributed by atoms with Gasteiger partial charge in [0.05, 0.1) is 17.7 Å². The summed E-state index contributed by atoms with van der Waals surface area (Å²) in [6.07, 6.45) is 0.767. The summed E-state index contributed by atoms with van der Waals surface area (Å²) < 4.78 is 0. The van der Waals surface area contributed by atoms with Gasteiger partial charge in [-0.2, -0.15) is 0 Å². The van der Waals surface area contributed by atoms with Crippen molar-refractivity contribution in [3.63, 3.8) is 0 Å². The van der Waals surface area contributed by atoms with Gasteiger partial charge in [0.25, 0.3) is 0 Å². The summed E-state index contributed by atoms with van der Waals surface area (Å²) in [5, 5.41) is 3.33. The molecule has 0 aromatic carbocycles. The molecule has 102 valence electrons. The zero-order valence-corrected chi connectivity index (χ0v) is 12.1. The van der Waals surface area contributed by atoms with E-state index in [9.17, 15) is 0 Å². The number of nitrogens with two attached hydrogens (primary N) is 1. The number of nitrogen functional groups attached to an aromatic ring is 1. The number of thiazole rings is 1. The summed E-state index contributed by atoms with van der Waals surface area (Å²) in [6, 6.07) is 0. The van der Waals surface area contributed by atoms with Crippen LogP contribution in [0.5, 0.6) is 0 Å². The van der Waals surface area contributed by atoms with Gasteiger partial charge in [0.2, 0.25) is 0 Å². The van der Waals surface area contributed by atoms with Crippen LogP contribution >= 0.6 is 11.3 Å². The Morgan fingerprint density at radius 3 is 2.58 bits per heavy atom. The average Bonchev–Trinajstić information content (AvgIpc) is 2.83. The molecule has 0 atom stereocenters. The molecule has 0 radical (unpaired) electrons. The predicted octanol–water partition coefficient (Wildman–Crippen LogP) is 2.01. The number of hydrogen-bond donors (Lipinski definition) is 3. The molecule has 2 rings (SSSR count). The summed E-state index contributed by atoms with van der Waals surface area (Å²) in [6.45, 7) is 6.67. The average molecular weight is 278 g/mol. The molecule has 0 saturated carbocycles. The monoisotopic (exact) mass is 278 g/mol. The first-order chi connectivity index (χ1) is 9.15. The van der Waals surface area contributed by atoms with Crippen molar-refractivity contribution < 1.29 is 0 Å². The summed E-state index contributed by atoms with van der Waals surface area (Å²) in [5.74, 6) is 7.72. The van der Waals surface area contributed by atoms with Crippen LogP contribution in [0.25, 0.3) is 0 Å². The topological polar surface area (TPSA) is 88.8 Å². The van der Waals surface area contributed by atoms with Gasteiger partial charge in [-0.1, -0.05) is 6.92 Å². The van der Waals surface area contributed by atoms with Crippen molar-refractivity contribution in [2.24, 2.45) is 5.84 Å². The molecular formula is C12H18N6S. The second-order valence-corrected chi connectivity index (χ2v) is 5.11. The van der Waals surface area contributed by atoms with Crippen LogP contribution in [-0.4, -0.2) is 15.0 Å². The number of aromatic nitrogens is 3. The minimum atomic E-state index is 0.662. The van der Waals surface area contributed by atoms with Gasteiger partial charge < -0.3 is 10.7 Å². The fourth-order valence-electron chi connectivity index (χ4n) is 1.69. The van der Waals surface area contributed by atoms with E-state index in [0.29, 0.717) is 12.4 Å². The second-order valence-electron chi connectivity index (χ2n) is 4.17. The fraction of sp³-hybridized carbons (Fsp3) is 0.417. The largest absolute Gasteiger partial charge is 0.365 e. The first kappa shape index (κ1) is 13.7. The summed E-state index contributed by atoms with van der Waals surface area (Å²) >= 11 is 1.64.